The molecule has 0 fully saturated rings. The summed E-state index contributed by atoms with van der Waals surface area (Å²) in [6.45, 7) is 5.98. The molecule has 3 rings (SSSR count). The summed E-state index contributed by atoms with van der Waals surface area (Å²) in [5.41, 5.74) is 2.64. The van der Waals surface area contributed by atoms with E-state index in [2.05, 4.69) is 10.2 Å². The van der Waals surface area contributed by atoms with Crippen molar-refractivity contribution in [3.8, 4) is 5.75 Å². The van der Waals surface area contributed by atoms with Crippen LogP contribution < -0.4 is 9.04 Å². The van der Waals surface area contributed by atoms with Crippen LogP contribution in [0.5, 0.6) is 5.75 Å². The van der Waals surface area contributed by atoms with E-state index in [1.165, 1.54) is 4.31 Å². The number of nitrogens with zero attached hydrogens (tertiary/aromatic N) is 2. The molecule has 0 aliphatic carbocycles. The molecule has 0 saturated heterocycles. The fourth-order valence-electron chi connectivity index (χ4n) is 2.58. The fourth-order valence-corrected chi connectivity index (χ4v) is 4.38. The average Bonchev–Trinajstić information content (AvgIpc) is 2.77. The van der Waals surface area contributed by atoms with Gasteiger partial charge in [-0.05, 0) is 38.5 Å². The zero-order chi connectivity index (χ0) is 15.2. The first-order valence-corrected chi connectivity index (χ1v) is 8.13. The van der Waals surface area contributed by atoms with E-state index in [0.717, 1.165) is 5.56 Å². The van der Waals surface area contributed by atoms with Crippen LogP contribution in [-0.2, 0) is 10.0 Å². The Labute approximate surface area is 123 Å². The number of H-pyrrole nitrogens is 1. The Morgan fingerprint density at radius 2 is 2.05 bits per heavy atom. The van der Waals surface area contributed by atoms with Crippen molar-refractivity contribution in [3.05, 3.63) is 35.2 Å². The Kier molecular flexibility index (Phi) is 3.16. The van der Waals surface area contributed by atoms with Crippen LogP contribution in [0.15, 0.2) is 23.1 Å². The average molecular weight is 307 g/mol. The summed E-state index contributed by atoms with van der Waals surface area (Å²) in [6, 6.07) is 5.52. The van der Waals surface area contributed by atoms with Crippen LogP contribution in [0.1, 0.15) is 17.0 Å². The van der Waals surface area contributed by atoms with E-state index in [1.807, 2.05) is 19.1 Å². The number of sulfonamides is 1. The second-order valence-corrected chi connectivity index (χ2v) is 6.96. The second-order valence-electron chi connectivity index (χ2n) is 5.16. The largest absolute Gasteiger partial charge is 0.489 e. The van der Waals surface area contributed by atoms with Gasteiger partial charge in [0.1, 0.15) is 17.3 Å². The monoisotopic (exact) mass is 307 g/mol. The number of aryl methyl sites for hydroxylation is 3. The normalized spacial score (nSPS) is 14.7. The standard InChI is InChI=1S/C14H17N3O3S/c1-9-4-5-12-13(8-9)20-7-6-17(12)21(18,19)14-10(2)15-16-11(14)3/h4-5,8H,6-7H2,1-3H3,(H,15,16). The van der Waals surface area contributed by atoms with Gasteiger partial charge in [0.15, 0.2) is 0 Å². The molecule has 0 saturated carbocycles. The fraction of sp³-hybridized carbons (Fsp3) is 0.357. The van der Waals surface area contributed by atoms with Gasteiger partial charge in [0, 0.05) is 0 Å². The first-order chi connectivity index (χ1) is 9.91. The predicted molar refractivity (Wildman–Crippen MR) is 79.3 cm³/mol. The second kappa shape index (κ2) is 4.77. The summed E-state index contributed by atoms with van der Waals surface area (Å²) in [7, 11) is -3.65. The van der Waals surface area contributed by atoms with Gasteiger partial charge in [-0.3, -0.25) is 9.40 Å². The Bertz CT molecular complexity index is 776. The molecular formula is C14H17N3O3S. The van der Waals surface area contributed by atoms with Gasteiger partial charge in [-0.25, -0.2) is 8.42 Å². The SMILES string of the molecule is Cc1ccc2c(c1)OCCN2S(=O)(=O)c1c(C)n[nH]c1C. The van der Waals surface area contributed by atoms with Crippen LogP contribution in [0, 0.1) is 20.8 Å². The number of benzene rings is 1. The first kappa shape index (κ1) is 13.9. The van der Waals surface area contributed by atoms with Crippen molar-refractivity contribution in [3.63, 3.8) is 0 Å². The van der Waals surface area contributed by atoms with Gasteiger partial charge in [0.05, 0.1) is 23.6 Å². The molecule has 0 bridgehead atoms. The Balaban J connectivity index is 2.14. The van der Waals surface area contributed by atoms with Crippen molar-refractivity contribution >= 4 is 15.7 Å². The van der Waals surface area contributed by atoms with E-state index in [0.29, 0.717) is 36.0 Å². The number of rotatable bonds is 2. The molecule has 0 unspecified atom stereocenters. The van der Waals surface area contributed by atoms with E-state index in [9.17, 15) is 8.42 Å². The minimum Gasteiger partial charge on any atom is -0.489 e. The Morgan fingerprint density at radius 3 is 2.71 bits per heavy atom. The minimum absolute atomic E-state index is 0.246. The van der Waals surface area contributed by atoms with Gasteiger partial charge in [-0.2, -0.15) is 5.10 Å². The summed E-state index contributed by atoms with van der Waals surface area (Å²) in [6.07, 6.45) is 0. The summed E-state index contributed by atoms with van der Waals surface area (Å²) in [4.78, 5) is 0.246. The maximum absolute atomic E-state index is 12.9. The zero-order valence-electron chi connectivity index (χ0n) is 12.2. The van der Waals surface area contributed by atoms with Crippen molar-refractivity contribution in [2.45, 2.75) is 25.7 Å². The van der Waals surface area contributed by atoms with Crippen LogP contribution in [-0.4, -0.2) is 31.8 Å². The van der Waals surface area contributed by atoms with Crippen LogP contribution in [0.4, 0.5) is 5.69 Å². The van der Waals surface area contributed by atoms with Gasteiger partial charge in [-0.15, -0.1) is 0 Å². The van der Waals surface area contributed by atoms with Crippen LogP contribution in [0.3, 0.4) is 0 Å². The van der Waals surface area contributed by atoms with Crippen molar-refractivity contribution in [1.29, 1.82) is 0 Å². The number of hydrogen-bond donors (Lipinski definition) is 1. The third kappa shape index (κ3) is 2.17. The summed E-state index contributed by atoms with van der Waals surface area (Å²) in [5.74, 6) is 0.601. The molecule has 7 heteroatoms. The number of aromatic amines is 1. The highest BCUT2D eigenvalue weighted by molar-refractivity contribution is 7.93. The molecule has 1 aromatic carbocycles. The lowest BCUT2D eigenvalue weighted by atomic mass is 10.2. The Morgan fingerprint density at radius 1 is 1.29 bits per heavy atom. The molecular weight excluding hydrogens is 290 g/mol. The first-order valence-electron chi connectivity index (χ1n) is 6.69. The summed E-state index contributed by atoms with van der Waals surface area (Å²) < 4.78 is 32.9. The molecule has 1 aliphatic heterocycles. The third-order valence-corrected chi connectivity index (χ3v) is 5.62. The van der Waals surface area contributed by atoms with Crippen LogP contribution >= 0.6 is 0 Å². The molecule has 0 amide bonds. The molecule has 1 aromatic heterocycles. The molecule has 2 heterocycles. The molecule has 1 aliphatic rings. The van der Waals surface area contributed by atoms with Gasteiger partial charge in [-0.1, -0.05) is 6.07 Å². The Hall–Kier alpha value is -2.02. The lowest BCUT2D eigenvalue weighted by Crippen LogP contribution is -2.38. The molecule has 2 aromatic rings. The van der Waals surface area contributed by atoms with Gasteiger partial charge in [0.25, 0.3) is 10.0 Å². The molecule has 1 N–H and O–H groups in total. The maximum atomic E-state index is 12.9. The van der Waals surface area contributed by atoms with Gasteiger partial charge >= 0.3 is 0 Å². The molecule has 21 heavy (non-hydrogen) atoms. The van der Waals surface area contributed by atoms with Crippen molar-refractivity contribution < 1.29 is 13.2 Å². The van der Waals surface area contributed by atoms with E-state index in [4.69, 9.17) is 4.74 Å². The van der Waals surface area contributed by atoms with E-state index >= 15 is 0 Å². The van der Waals surface area contributed by atoms with Crippen LogP contribution in [0.25, 0.3) is 0 Å². The van der Waals surface area contributed by atoms with E-state index in [1.54, 1.807) is 19.9 Å². The lowest BCUT2D eigenvalue weighted by Gasteiger charge is -2.30. The number of fused-ring (bicyclic) bond motifs is 1. The number of nitrogens with one attached hydrogen (secondary N) is 1. The maximum Gasteiger partial charge on any atom is 0.268 e. The van der Waals surface area contributed by atoms with Crippen molar-refractivity contribution in [1.82, 2.24) is 10.2 Å². The zero-order valence-corrected chi connectivity index (χ0v) is 13.0. The van der Waals surface area contributed by atoms with Crippen LogP contribution in [0.2, 0.25) is 0 Å². The molecule has 0 spiro atoms. The number of aromatic nitrogens is 2. The number of ether oxygens (including phenoxy) is 1. The smallest absolute Gasteiger partial charge is 0.268 e. The highest BCUT2D eigenvalue weighted by Gasteiger charge is 2.33. The predicted octanol–water partition coefficient (Wildman–Crippen LogP) is 1.92. The topological polar surface area (TPSA) is 75.3 Å². The highest BCUT2D eigenvalue weighted by atomic mass is 32.2. The summed E-state index contributed by atoms with van der Waals surface area (Å²) >= 11 is 0. The molecule has 112 valence electrons. The quantitative estimate of drug-likeness (QED) is 0.920. The molecule has 0 atom stereocenters. The minimum atomic E-state index is -3.65. The number of anilines is 1. The van der Waals surface area contributed by atoms with Gasteiger partial charge in [0.2, 0.25) is 0 Å². The van der Waals surface area contributed by atoms with Crippen molar-refractivity contribution in [2.75, 3.05) is 17.5 Å². The number of hydrogen-bond acceptors (Lipinski definition) is 4. The third-order valence-electron chi connectivity index (χ3n) is 3.54. The lowest BCUT2D eigenvalue weighted by molar-refractivity contribution is 0.315. The molecule has 6 nitrogen and oxygen atoms in total. The van der Waals surface area contributed by atoms with E-state index in [-0.39, 0.29) is 4.90 Å². The highest BCUT2D eigenvalue weighted by Crippen LogP contribution is 2.36. The van der Waals surface area contributed by atoms with Gasteiger partial charge < -0.3 is 4.74 Å². The molecule has 0 radical (unpaired) electrons. The summed E-state index contributed by atoms with van der Waals surface area (Å²) in [5, 5.41) is 6.71. The van der Waals surface area contributed by atoms with Crippen molar-refractivity contribution in [2.24, 2.45) is 0 Å². The van der Waals surface area contributed by atoms with E-state index < -0.39 is 10.0 Å².